The molecule has 0 aliphatic rings. The summed E-state index contributed by atoms with van der Waals surface area (Å²) in [6.07, 6.45) is 1.87. The minimum Gasteiger partial charge on any atom is -0.480 e. The number of carboxylic acid groups (broad SMARTS) is 1. The summed E-state index contributed by atoms with van der Waals surface area (Å²) in [6.45, 7) is 1.84. The maximum absolute atomic E-state index is 13.2. The highest BCUT2D eigenvalue weighted by molar-refractivity contribution is 6.40. The van der Waals surface area contributed by atoms with Crippen LogP contribution < -0.4 is 10.6 Å². The first-order valence-corrected chi connectivity index (χ1v) is 12.9. The number of furan rings is 1. The molecule has 1 heterocycles. The molecule has 8 nitrogen and oxygen atoms in total. The molecule has 0 bridgehead atoms. The van der Waals surface area contributed by atoms with Gasteiger partial charge < -0.3 is 25.3 Å². The molecule has 0 fully saturated rings. The molecule has 202 valence electrons. The van der Waals surface area contributed by atoms with Crippen molar-refractivity contribution in [2.75, 3.05) is 6.54 Å². The fourth-order valence-electron chi connectivity index (χ4n) is 4.31. The lowest BCUT2D eigenvalue weighted by atomic mass is 10.00. The number of benzene rings is 3. The molecule has 0 radical (unpaired) electrons. The Morgan fingerprint density at radius 1 is 1.00 bits per heavy atom. The number of carbonyl (C=O) groups is 3. The van der Waals surface area contributed by atoms with Gasteiger partial charge in [0.2, 0.25) is 0 Å². The van der Waals surface area contributed by atoms with Crippen molar-refractivity contribution < 1.29 is 29.0 Å². The van der Waals surface area contributed by atoms with Crippen molar-refractivity contribution in [1.29, 1.82) is 0 Å². The minimum absolute atomic E-state index is 0.00129. The van der Waals surface area contributed by atoms with Crippen LogP contribution in [-0.4, -0.2) is 40.6 Å². The molecule has 4 N–H and O–H groups in total. The molecule has 0 aliphatic heterocycles. The summed E-state index contributed by atoms with van der Waals surface area (Å²) < 4.78 is 5.35. The summed E-state index contributed by atoms with van der Waals surface area (Å²) in [5, 5.41) is 25.5. The van der Waals surface area contributed by atoms with Crippen LogP contribution in [0.15, 0.2) is 65.3 Å². The fraction of sp³-hybridized carbons (Fsp3) is 0.207. The van der Waals surface area contributed by atoms with E-state index in [9.17, 15) is 24.6 Å². The smallest absolute Gasteiger partial charge is 0.326 e. The van der Waals surface area contributed by atoms with Crippen molar-refractivity contribution in [3.05, 3.63) is 104 Å². The number of carboxylic acids is 1. The van der Waals surface area contributed by atoms with Crippen LogP contribution >= 0.6 is 23.2 Å². The lowest BCUT2D eigenvalue weighted by Gasteiger charge is -2.18. The Morgan fingerprint density at radius 2 is 1.77 bits per heavy atom. The van der Waals surface area contributed by atoms with Gasteiger partial charge in [-0.25, -0.2) is 4.79 Å². The van der Waals surface area contributed by atoms with E-state index < -0.39 is 17.9 Å². The third-order valence-corrected chi connectivity index (χ3v) is 7.08. The van der Waals surface area contributed by atoms with Crippen molar-refractivity contribution in [1.82, 2.24) is 10.6 Å². The van der Waals surface area contributed by atoms with Crippen molar-refractivity contribution >= 4 is 52.0 Å². The lowest BCUT2D eigenvalue weighted by molar-refractivity contribution is -0.139. The van der Waals surface area contributed by atoms with Gasteiger partial charge in [0.15, 0.2) is 0 Å². The Bertz CT molecular complexity index is 1550. The highest BCUT2D eigenvalue weighted by Crippen LogP contribution is 2.31. The highest BCUT2D eigenvalue weighted by atomic mass is 35.5. The number of halogens is 2. The maximum Gasteiger partial charge on any atom is 0.326 e. The van der Waals surface area contributed by atoms with Crippen LogP contribution in [0.4, 0.5) is 0 Å². The molecule has 39 heavy (non-hydrogen) atoms. The molecular weight excluding hydrogens is 543 g/mol. The molecule has 3 aromatic carbocycles. The zero-order chi connectivity index (χ0) is 28.1. The summed E-state index contributed by atoms with van der Waals surface area (Å²) in [5.41, 5.74) is 3.61. The quantitative estimate of drug-likeness (QED) is 0.214. The van der Waals surface area contributed by atoms with E-state index in [4.69, 9.17) is 27.6 Å². The second-order valence-corrected chi connectivity index (χ2v) is 9.85. The number of carbonyl (C=O) groups excluding carboxylic acids is 2. The summed E-state index contributed by atoms with van der Waals surface area (Å²) in [7, 11) is 0. The predicted molar refractivity (Wildman–Crippen MR) is 148 cm³/mol. The molecule has 0 unspecified atom stereocenters. The highest BCUT2D eigenvalue weighted by Gasteiger charge is 2.26. The number of aliphatic carboxylic acids is 1. The summed E-state index contributed by atoms with van der Waals surface area (Å²) in [5.74, 6) is -2.25. The van der Waals surface area contributed by atoms with Gasteiger partial charge in [0.25, 0.3) is 11.8 Å². The van der Waals surface area contributed by atoms with E-state index in [0.29, 0.717) is 34.3 Å². The number of rotatable bonds is 10. The molecule has 0 aliphatic carbocycles. The van der Waals surface area contributed by atoms with Gasteiger partial charge in [-0.2, -0.15) is 0 Å². The first-order chi connectivity index (χ1) is 18.7. The molecule has 2 amide bonds. The van der Waals surface area contributed by atoms with Gasteiger partial charge >= 0.3 is 5.97 Å². The van der Waals surface area contributed by atoms with E-state index >= 15 is 0 Å². The second-order valence-electron chi connectivity index (χ2n) is 9.07. The van der Waals surface area contributed by atoms with E-state index in [1.54, 1.807) is 61.7 Å². The molecule has 10 heteroatoms. The van der Waals surface area contributed by atoms with E-state index in [-0.39, 0.29) is 41.1 Å². The third kappa shape index (κ3) is 6.60. The van der Waals surface area contributed by atoms with E-state index in [1.807, 2.05) is 6.07 Å². The van der Waals surface area contributed by atoms with Crippen LogP contribution in [0.3, 0.4) is 0 Å². The average Bonchev–Trinajstić information content (AvgIpc) is 3.38. The van der Waals surface area contributed by atoms with Gasteiger partial charge in [-0.1, -0.05) is 53.5 Å². The maximum atomic E-state index is 13.2. The van der Waals surface area contributed by atoms with E-state index in [0.717, 1.165) is 10.9 Å². The van der Waals surface area contributed by atoms with Crippen molar-refractivity contribution in [3.63, 3.8) is 0 Å². The third-order valence-electron chi connectivity index (χ3n) is 6.37. The van der Waals surface area contributed by atoms with Gasteiger partial charge in [0.05, 0.1) is 28.5 Å². The van der Waals surface area contributed by atoms with Crippen molar-refractivity contribution in [2.24, 2.45) is 0 Å². The summed E-state index contributed by atoms with van der Waals surface area (Å²) in [6, 6.07) is 14.1. The number of aliphatic hydroxyl groups is 1. The summed E-state index contributed by atoms with van der Waals surface area (Å²) >= 11 is 13.0. The molecule has 0 saturated carbocycles. The molecule has 1 aromatic heterocycles. The first-order valence-electron chi connectivity index (χ1n) is 12.1. The standard InChI is InChI=1S/C29H26Cl2N2O6/c1-16-11-22(30)25(28(36)33-23(29(37)38)13-17-3-2-4-18(12-17)15-34)26(31)21(16)7-9-32-27(35)20-6-5-19-8-10-39-24(19)14-20/h2-6,8,10-12,14,23,34H,7,9,13,15H2,1H3,(H,32,35)(H,33,36)(H,37,38)/t23-/m0/s1. The zero-order valence-electron chi connectivity index (χ0n) is 21.0. The van der Waals surface area contributed by atoms with Crippen molar-refractivity contribution in [2.45, 2.75) is 32.4 Å². The van der Waals surface area contributed by atoms with Crippen LogP contribution in [-0.2, 0) is 24.2 Å². The Hall–Kier alpha value is -3.85. The minimum atomic E-state index is -1.26. The van der Waals surface area contributed by atoms with Gasteiger partial charge in [-0.15, -0.1) is 0 Å². The second kappa shape index (κ2) is 12.3. The van der Waals surface area contributed by atoms with Crippen LogP contribution in [0.2, 0.25) is 10.0 Å². The summed E-state index contributed by atoms with van der Waals surface area (Å²) in [4.78, 5) is 37.7. The Labute approximate surface area is 234 Å². The predicted octanol–water partition coefficient (Wildman–Crippen LogP) is 4.94. The number of amides is 2. The van der Waals surface area contributed by atoms with Gasteiger partial charge in [0, 0.05) is 23.9 Å². The largest absolute Gasteiger partial charge is 0.480 e. The Morgan fingerprint density at radius 3 is 2.51 bits per heavy atom. The molecule has 0 spiro atoms. The van der Waals surface area contributed by atoms with Gasteiger partial charge in [-0.3, -0.25) is 9.59 Å². The molecule has 1 atom stereocenters. The number of fused-ring (bicyclic) bond motifs is 1. The number of hydrogen-bond donors (Lipinski definition) is 4. The Balaban J connectivity index is 1.47. The molecule has 4 rings (SSSR count). The normalized spacial score (nSPS) is 11.8. The van der Waals surface area contributed by atoms with Crippen LogP contribution in [0.1, 0.15) is 43.0 Å². The van der Waals surface area contributed by atoms with Crippen LogP contribution in [0.5, 0.6) is 0 Å². The molecular formula is C29H26Cl2N2O6. The van der Waals surface area contributed by atoms with Crippen LogP contribution in [0, 0.1) is 6.92 Å². The zero-order valence-corrected chi connectivity index (χ0v) is 22.5. The number of aliphatic hydroxyl groups excluding tert-OH is 1. The van der Waals surface area contributed by atoms with E-state index in [2.05, 4.69) is 10.6 Å². The topological polar surface area (TPSA) is 129 Å². The number of aryl methyl sites for hydroxylation is 1. The van der Waals surface area contributed by atoms with E-state index in [1.165, 1.54) is 0 Å². The van der Waals surface area contributed by atoms with Gasteiger partial charge in [-0.05, 0) is 59.9 Å². The number of nitrogens with one attached hydrogen (secondary N) is 2. The van der Waals surface area contributed by atoms with Crippen molar-refractivity contribution in [3.8, 4) is 0 Å². The fourth-order valence-corrected chi connectivity index (χ4v) is 5.14. The first kappa shape index (κ1) is 28.2. The monoisotopic (exact) mass is 568 g/mol. The molecule has 4 aromatic rings. The van der Waals surface area contributed by atoms with Crippen LogP contribution in [0.25, 0.3) is 11.0 Å². The lowest BCUT2D eigenvalue weighted by Crippen LogP contribution is -2.42. The van der Waals surface area contributed by atoms with Gasteiger partial charge in [0.1, 0.15) is 11.6 Å². The SMILES string of the molecule is Cc1cc(Cl)c(C(=O)N[C@@H](Cc2cccc(CO)c2)C(=O)O)c(Cl)c1CCNC(=O)c1ccc2ccoc2c1. The molecule has 0 saturated heterocycles. The number of hydrogen-bond acceptors (Lipinski definition) is 5. The average molecular weight is 569 g/mol. The Kier molecular flexibility index (Phi) is 8.91.